The van der Waals surface area contributed by atoms with Gasteiger partial charge in [0.1, 0.15) is 0 Å². The van der Waals surface area contributed by atoms with Crippen LogP contribution in [0.3, 0.4) is 0 Å². The molecule has 0 fully saturated rings. The van der Waals surface area contributed by atoms with E-state index < -0.39 is 0 Å². The van der Waals surface area contributed by atoms with Crippen molar-refractivity contribution in [1.82, 2.24) is 5.32 Å². The lowest BCUT2D eigenvalue weighted by atomic mass is 10.2. The maximum atomic E-state index is 11.2. The Morgan fingerprint density at radius 3 is 2.50 bits per heavy atom. The van der Waals surface area contributed by atoms with Crippen molar-refractivity contribution in [2.75, 3.05) is 0 Å². The topological polar surface area (TPSA) is 29.1 Å². The molecule has 0 saturated heterocycles. The first-order valence-corrected chi connectivity index (χ1v) is 5.39. The van der Waals surface area contributed by atoms with E-state index in [1.165, 1.54) is 6.08 Å². The molecule has 1 amide bonds. The van der Waals surface area contributed by atoms with Gasteiger partial charge in [-0.1, -0.05) is 48.6 Å². The Bertz CT molecular complexity index is 377. The van der Waals surface area contributed by atoms with E-state index in [-0.39, 0.29) is 11.9 Å². The molecule has 1 aromatic carbocycles. The van der Waals surface area contributed by atoms with Crippen LogP contribution >= 0.6 is 0 Å². The minimum Gasteiger partial charge on any atom is -0.350 e. The van der Waals surface area contributed by atoms with Crippen LogP contribution in [-0.2, 0) is 4.79 Å². The minimum atomic E-state index is -0.0623. The fourth-order valence-corrected chi connectivity index (χ4v) is 1.21. The molecule has 0 heterocycles. The fourth-order valence-electron chi connectivity index (χ4n) is 1.21. The molecule has 0 radical (unpaired) electrons. The first kappa shape index (κ1) is 12.2. The molecule has 1 aromatic rings. The first-order valence-electron chi connectivity index (χ1n) is 5.39. The zero-order valence-electron chi connectivity index (χ0n) is 9.68. The second kappa shape index (κ2) is 6.62. The molecule has 0 aliphatic heterocycles. The number of benzene rings is 1. The summed E-state index contributed by atoms with van der Waals surface area (Å²) in [6.45, 7) is 3.87. The van der Waals surface area contributed by atoms with Crippen LogP contribution in [0, 0.1) is 0 Å². The predicted molar refractivity (Wildman–Crippen MR) is 67.9 cm³/mol. The van der Waals surface area contributed by atoms with Crippen LogP contribution in [-0.4, -0.2) is 11.9 Å². The van der Waals surface area contributed by atoms with Gasteiger partial charge in [-0.05, 0) is 19.4 Å². The molecule has 0 atom stereocenters. The molecule has 0 aliphatic rings. The van der Waals surface area contributed by atoms with E-state index in [4.69, 9.17) is 0 Å². The summed E-state index contributed by atoms with van der Waals surface area (Å²) >= 11 is 0. The van der Waals surface area contributed by atoms with Crippen LogP contribution < -0.4 is 5.32 Å². The van der Waals surface area contributed by atoms with E-state index in [9.17, 15) is 4.79 Å². The lowest BCUT2D eigenvalue weighted by molar-refractivity contribution is -0.116. The molecule has 0 unspecified atom stereocenters. The van der Waals surface area contributed by atoms with Gasteiger partial charge in [0.15, 0.2) is 0 Å². The van der Waals surface area contributed by atoms with E-state index in [0.29, 0.717) is 0 Å². The summed E-state index contributed by atoms with van der Waals surface area (Å²) < 4.78 is 0. The van der Waals surface area contributed by atoms with Crippen molar-refractivity contribution in [3.8, 4) is 0 Å². The van der Waals surface area contributed by atoms with E-state index in [1.54, 1.807) is 6.08 Å². The minimum absolute atomic E-state index is 0.0623. The van der Waals surface area contributed by atoms with Crippen molar-refractivity contribution >= 4 is 12.0 Å². The molecule has 16 heavy (non-hydrogen) atoms. The van der Waals surface area contributed by atoms with Crippen molar-refractivity contribution < 1.29 is 4.79 Å². The lowest BCUT2D eigenvalue weighted by Gasteiger charge is -2.03. The summed E-state index contributed by atoms with van der Waals surface area (Å²) in [6.07, 6.45) is 7.08. The number of hydrogen-bond donors (Lipinski definition) is 1. The van der Waals surface area contributed by atoms with Gasteiger partial charge >= 0.3 is 0 Å². The van der Waals surface area contributed by atoms with Gasteiger partial charge in [-0.25, -0.2) is 0 Å². The van der Waals surface area contributed by atoms with Crippen molar-refractivity contribution in [3.63, 3.8) is 0 Å². The molecule has 1 rings (SSSR count). The Morgan fingerprint density at radius 1 is 1.19 bits per heavy atom. The number of nitrogens with one attached hydrogen (secondary N) is 1. The SMILES string of the molecule is CC(C)NC(=O)/C=C/C=C/c1ccccc1. The number of hydrogen-bond acceptors (Lipinski definition) is 1. The summed E-state index contributed by atoms with van der Waals surface area (Å²) in [7, 11) is 0. The molecule has 2 nitrogen and oxygen atoms in total. The van der Waals surface area contributed by atoms with Crippen LogP contribution in [0.15, 0.2) is 48.6 Å². The summed E-state index contributed by atoms with van der Waals surface area (Å²) in [5.74, 6) is -0.0623. The summed E-state index contributed by atoms with van der Waals surface area (Å²) in [4.78, 5) is 11.2. The highest BCUT2D eigenvalue weighted by atomic mass is 16.1. The Kier molecular flexibility index (Phi) is 5.06. The third-order valence-corrected chi connectivity index (χ3v) is 1.88. The number of rotatable bonds is 4. The largest absolute Gasteiger partial charge is 0.350 e. The quantitative estimate of drug-likeness (QED) is 0.607. The molecule has 84 valence electrons. The van der Waals surface area contributed by atoms with Crippen LogP contribution in [0.25, 0.3) is 6.08 Å². The fraction of sp³-hybridized carbons (Fsp3) is 0.214. The summed E-state index contributed by atoms with van der Waals surface area (Å²) in [5.41, 5.74) is 1.12. The Balaban J connectivity index is 2.42. The van der Waals surface area contributed by atoms with Gasteiger partial charge in [-0.3, -0.25) is 4.79 Å². The maximum Gasteiger partial charge on any atom is 0.244 e. The molecule has 2 heteroatoms. The highest BCUT2D eigenvalue weighted by molar-refractivity contribution is 5.88. The van der Waals surface area contributed by atoms with E-state index in [1.807, 2.05) is 56.3 Å². The van der Waals surface area contributed by atoms with E-state index >= 15 is 0 Å². The van der Waals surface area contributed by atoms with Crippen LogP contribution in [0.5, 0.6) is 0 Å². The zero-order valence-corrected chi connectivity index (χ0v) is 9.68. The standard InChI is InChI=1S/C14H17NO/c1-12(2)15-14(16)11-7-6-10-13-8-4-3-5-9-13/h3-12H,1-2H3,(H,15,16)/b10-6+,11-7+. The van der Waals surface area contributed by atoms with Gasteiger partial charge in [0, 0.05) is 12.1 Å². The zero-order chi connectivity index (χ0) is 11.8. The van der Waals surface area contributed by atoms with Gasteiger partial charge < -0.3 is 5.32 Å². The number of carbonyl (C=O) groups excluding carboxylic acids is 1. The Hall–Kier alpha value is -1.83. The molecule has 0 saturated carbocycles. The lowest BCUT2D eigenvalue weighted by Crippen LogP contribution is -2.28. The van der Waals surface area contributed by atoms with Gasteiger partial charge in [0.25, 0.3) is 0 Å². The molecule has 0 spiro atoms. The van der Waals surface area contributed by atoms with Gasteiger partial charge in [-0.15, -0.1) is 0 Å². The monoisotopic (exact) mass is 215 g/mol. The maximum absolute atomic E-state index is 11.2. The van der Waals surface area contributed by atoms with Crippen LogP contribution in [0.4, 0.5) is 0 Å². The molecule has 0 aromatic heterocycles. The molecule has 1 N–H and O–H groups in total. The average Bonchev–Trinajstić information content (AvgIpc) is 2.25. The summed E-state index contributed by atoms with van der Waals surface area (Å²) in [6, 6.07) is 10.1. The predicted octanol–water partition coefficient (Wildman–Crippen LogP) is 2.78. The summed E-state index contributed by atoms with van der Waals surface area (Å²) in [5, 5.41) is 2.78. The highest BCUT2D eigenvalue weighted by Crippen LogP contribution is 2.00. The first-order chi connectivity index (χ1) is 7.68. The molecule has 0 aliphatic carbocycles. The van der Waals surface area contributed by atoms with Crippen LogP contribution in [0.1, 0.15) is 19.4 Å². The highest BCUT2D eigenvalue weighted by Gasteiger charge is 1.95. The van der Waals surface area contributed by atoms with Crippen LogP contribution in [0.2, 0.25) is 0 Å². The second-order valence-electron chi connectivity index (χ2n) is 3.79. The number of amides is 1. The number of allylic oxidation sites excluding steroid dienone is 2. The van der Waals surface area contributed by atoms with Crippen molar-refractivity contribution in [3.05, 3.63) is 54.1 Å². The molecular weight excluding hydrogens is 198 g/mol. The third kappa shape index (κ3) is 5.15. The van der Waals surface area contributed by atoms with E-state index in [2.05, 4.69) is 5.32 Å². The molecular formula is C14H17NO. The van der Waals surface area contributed by atoms with E-state index in [0.717, 1.165) is 5.56 Å². The van der Waals surface area contributed by atoms with Gasteiger partial charge in [-0.2, -0.15) is 0 Å². The van der Waals surface area contributed by atoms with Crippen molar-refractivity contribution in [2.45, 2.75) is 19.9 Å². The van der Waals surface area contributed by atoms with Gasteiger partial charge in [0.05, 0.1) is 0 Å². The average molecular weight is 215 g/mol. The van der Waals surface area contributed by atoms with Gasteiger partial charge in [0.2, 0.25) is 5.91 Å². The third-order valence-electron chi connectivity index (χ3n) is 1.88. The second-order valence-corrected chi connectivity index (χ2v) is 3.79. The smallest absolute Gasteiger partial charge is 0.244 e. The molecule has 0 bridgehead atoms. The normalized spacial score (nSPS) is 11.4. The Morgan fingerprint density at radius 2 is 1.88 bits per heavy atom. The Labute approximate surface area is 96.7 Å². The number of carbonyl (C=O) groups is 1. The van der Waals surface area contributed by atoms with Crippen molar-refractivity contribution in [2.24, 2.45) is 0 Å². The van der Waals surface area contributed by atoms with Crippen molar-refractivity contribution in [1.29, 1.82) is 0 Å².